The van der Waals surface area contributed by atoms with Crippen molar-refractivity contribution in [3.8, 4) is 0 Å². The van der Waals surface area contributed by atoms with E-state index in [9.17, 15) is 13.2 Å². The van der Waals surface area contributed by atoms with Crippen LogP contribution in [-0.4, -0.2) is 30.7 Å². The number of carbonyl (C=O) groups is 1. The molecule has 1 aromatic heterocycles. The normalized spacial score (nSPS) is 12.7. The second-order valence-electron chi connectivity index (χ2n) is 7.82. The monoisotopic (exact) mass is 476 g/mol. The number of halogens is 1. The van der Waals surface area contributed by atoms with Crippen LogP contribution in [-0.2, 0) is 21.2 Å². The van der Waals surface area contributed by atoms with Gasteiger partial charge in [0.2, 0.25) is 21.8 Å². The Morgan fingerprint density at radius 2 is 1.75 bits per heavy atom. The van der Waals surface area contributed by atoms with Crippen LogP contribution >= 0.6 is 11.6 Å². The first-order chi connectivity index (χ1) is 15.1. The van der Waals surface area contributed by atoms with Gasteiger partial charge in [-0.2, -0.15) is 4.98 Å². The van der Waals surface area contributed by atoms with Gasteiger partial charge < -0.3 is 9.84 Å². The summed E-state index contributed by atoms with van der Waals surface area (Å²) in [6, 6.07) is 13.3. The summed E-state index contributed by atoms with van der Waals surface area (Å²) < 4.78 is 31.2. The molecule has 0 fully saturated rings. The first-order valence-corrected chi connectivity index (χ1v) is 12.3. The molecule has 3 rings (SSSR count). The molecule has 0 aliphatic heterocycles. The zero-order chi connectivity index (χ0) is 23.3. The van der Waals surface area contributed by atoms with Crippen LogP contribution < -0.4 is 10.0 Å². The molecule has 3 aromatic rings. The van der Waals surface area contributed by atoms with Crippen molar-refractivity contribution in [2.75, 3.05) is 11.6 Å². The second-order valence-corrected chi connectivity index (χ2v) is 10.0. The van der Waals surface area contributed by atoms with E-state index in [0.29, 0.717) is 34.4 Å². The summed E-state index contributed by atoms with van der Waals surface area (Å²) in [5.41, 5.74) is 2.21. The maximum atomic E-state index is 12.6. The van der Waals surface area contributed by atoms with Crippen LogP contribution in [0.5, 0.6) is 0 Å². The molecule has 170 valence electrons. The van der Waals surface area contributed by atoms with Crippen molar-refractivity contribution < 1.29 is 17.7 Å². The number of nitrogens with one attached hydrogen (secondary N) is 2. The number of anilines is 1. The number of benzene rings is 2. The van der Waals surface area contributed by atoms with Gasteiger partial charge in [0, 0.05) is 29.5 Å². The molecule has 1 unspecified atom stereocenters. The SMILES string of the molecule is CC(C)c1nc(Cc2ccc(NC(=O)CC(NS(C)(=O)=O)c3ccc(Cl)cc3)cc2)no1. The van der Waals surface area contributed by atoms with Crippen molar-refractivity contribution in [3.63, 3.8) is 0 Å². The van der Waals surface area contributed by atoms with E-state index >= 15 is 0 Å². The molecule has 2 aromatic carbocycles. The van der Waals surface area contributed by atoms with Gasteiger partial charge in [0.05, 0.1) is 12.3 Å². The number of aromatic nitrogens is 2. The molecule has 0 spiro atoms. The lowest BCUT2D eigenvalue weighted by molar-refractivity contribution is -0.116. The fourth-order valence-electron chi connectivity index (χ4n) is 3.04. The third kappa shape index (κ3) is 7.15. The van der Waals surface area contributed by atoms with Crippen molar-refractivity contribution in [3.05, 3.63) is 76.4 Å². The topological polar surface area (TPSA) is 114 Å². The van der Waals surface area contributed by atoms with Crippen LogP contribution in [0.25, 0.3) is 0 Å². The van der Waals surface area contributed by atoms with Gasteiger partial charge in [-0.3, -0.25) is 4.79 Å². The number of rotatable bonds is 9. The highest BCUT2D eigenvalue weighted by Crippen LogP contribution is 2.22. The average molecular weight is 477 g/mol. The van der Waals surface area contributed by atoms with Gasteiger partial charge in [0.15, 0.2) is 5.82 Å². The standard InChI is InChI=1S/C22H25ClN4O4S/c1-14(2)22-25-20(26-31-22)12-15-4-10-18(11-5-15)24-21(28)13-19(27-32(3,29)30)16-6-8-17(23)9-7-16/h4-11,14,19,27H,12-13H2,1-3H3,(H,24,28). The van der Waals surface area contributed by atoms with Crippen LogP contribution in [0.3, 0.4) is 0 Å². The summed E-state index contributed by atoms with van der Waals surface area (Å²) in [7, 11) is -3.52. The number of nitrogens with zero attached hydrogens (tertiary/aromatic N) is 2. The Morgan fingerprint density at radius 1 is 1.09 bits per heavy atom. The van der Waals surface area contributed by atoms with Crippen LogP contribution in [0.1, 0.15) is 55.1 Å². The van der Waals surface area contributed by atoms with Crippen LogP contribution in [0.15, 0.2) is 53.1 Å². The molecule has 2 N–H and O–H groups in total. The Labute approximate surface area is 192 Å². The van der Waals surface area contributed by atoms with Crippen molar-refractivity contribution in [1.29, 1.82) is 0 Å². The Hall–Kier alpha value is -2.75. The van der Waals surface area contributed by atoms with E-state index in [1.165, 1.54) is 0 Å². The lowest BCUT2D eigenvalue weighted by Gasteiger charge is -2.18. The Balaban J connectivity index is 1.63. The van der Waals surface area contributed by atoms with Crippen LogP contribution in [0, 0.1) is 0 Å². The Kier molecular flexibility index (Phi) is 7.65. The van der Waals surface area contributed by atoms with E-state index < -0.39 is 16.1 Å². The Bertz CT molecular complexity index is 1160. The number of sulfonamides is 1. The van der Waals surface area contributed by atoms with Crippen molar-refractivity contribution >= 4 is 33.2 Å². The van der Waals surface area contributed by atoms with Crippen LogP contribution in [0.2, 0.25) is 5.02 Å². The summed E-state index contributed by atoms with van der Waals surface area (Å²) in [5.74, 6) is 1.04. The van der Waals surface area contributed by atoms with Crippen LogP contribution in [0.4, 0.5) is 5.69 Å². The van der Waals surface area contributed by atoms with E-state index in [2.05, 4.69) is 20.2 Å². The smallest absolute Gasteiger partial charge is 0.229 e. The molecule has 0 aliphatic carbocycles. The van der Waals surface area contributed by atoms with E-state index in [1.54, 1.807) is 36.4 Å². The molecule has 0 radical (unpaired) electrons. The Morgan fingerprint density at radius 3 is 2.31 bits per heavy atom. The minimum Gasteiger partial charge on any atom is -0.339 e. The molecule has 0 aliphatic rings. The van der Waals surface area contributed by atoms with Gasteiger partial charge in [-0.15, -0.1) is 0 Å². The molecular formula is C22H25ClN4O4S. The lowest BCUT2D eigenvalue weighted by Crippen LogP contribution is -2.30. The summed E-state index contributed by atoms with van der Waals surface area (Å²) in [5, 5.41) is 7.30. The molecule has 1 amide bonds. The molecule has 8 nitrogen and oxygen atoms in total. The summed E-state index contributed by atoms with van der Waals surface area (Å²) in [4.78, 5) is 16.9. The molecule has 1 atom stereocenters. The van der Waals surface area contributed by atoms with E-state index in [4.69, 9.17) is 16.1 Å². The van der Waals surface area contributed by atoms with Crippen molar-refractivity contribution in [1.82, 2.24) is 14.9 Å². The average Bonchev–Trinajstić information content (AvgIpc) is 3.17. The van der Waals surface area contributed by atoms with Gasteiger partial charge in [-0.25, -0.2) is 13.1 Å². The fraction of sp³-hybridized carbons (Fsp3) is 0.318. The van der Waals surface area contributed by atoms with Gasteiger partial charge in [-0.1, -0.05) is 54.9 Å². The molecule has 10 heteroatoms. The first kappa shape index (κ1) is 23.9. The van der Waals surface area contributed by atoms with Crippen molar-refractivity contribution in [2.24, 2.45) is 0 Å². The van der Waals surface area contributed by atoms with Gasteiger partial charge >= 0.3 is 0 Å². The zero-order valence-corrected chi connectivity index (χ0v) is 19.6. The summed E-state index contributed by atoms with van der Waals surface area (Å²) in [6.07, 6.45) is 1.50. The summed E-state index contributed by atoms with van der Waals surface area (Å²) in [6.45, 7) is 3.97. The van der Waals surface area contributed by atoms with E-state index in [0.717, 1.165) is 11.8 Å². The fourth-order valence-corrected chi connectivity index (χ4v) is 3.90. The maximum absolute atomic E-state index is 12.6. The third-order valence-electron chi connectivity index (χ3n) is 4.60. The maximum Gasteiger partial charge on any atom is 0.229 e. The summed E-state index contributed by atoms with van der Waals surface area (Å²) >= 11 is 5.91. The highest BCUT2D eigenvalue weighted by atomic mass is 35.5. The lowest BCUT2D eigenvalue weighted by atomic mass is 10.0. The number of hydrogen-bond acceptors (Lipinski definition) is 6. The highest BCUT2D eigenvalue weighted by Gasteiger charge is 2.20. The molecule has 0 saturated carbocycles. The molecule has 0 bridgehead atoms. The van der Waals surface area contributed by atoms with E-state index in [-0.39, 0.29) is 18.2 Å². The largest absolute Gasteiger partial charge is 0.339 e. The number of carbonyl (C=O) groups excluding carboxylic acids is 1. The molecule has 32 heavy (non-hydrogen) atoms. The number of hydrogen-bond donors (Lipinski definition) is 2. The predicted molar refractivity (Wildman–Crippen MR) is 123 cm³/mol. The van der Waals surface area contributed by atoms with Gasteiger partial charge in [-0.05, 0) is 35.4 Å². The van der Waals surface area contributed by atoms with E-state index in [1.807, 2.05) is 26.0 Å². The quantitative estimate of drug-likeness (QED) is 0.481. The van der Waals surface area contributed by atoms with Gasteiger partial charge in [0.25, 0.3) is 0 Å². The van der Waals surface area contributed by atoms with Crippen molar-refractivity contribution in [2.45, 2.75) is 38.6 Å². The molecule has 1 heterocycles. The molecular weight excluding hydrogens is 452 g/mol. The zero-order valence-electron chi connectivity index (χ0n) is 18.0. The third-order valence-corrected chi connectivity index (χ3v) is 5.56. The second kappa shape index (κ2) is 10.2. The first-order valence-electron chi connectivity index (χ1n) is 10.0. The highest BCUT2D eigenvalue weighted by molar-refractivity contribution is 7.88. The van der Waals surface area contributed by atoms with Gasteiger partial charge in [0.1, 0.15) is 0 Å². The number of amides is 1. The predicted octanol–water partition coefficient (Wildman–Crippen LogP) is 4.06. The molecule has 0 saturated heterocycles. The minimum atomic E-state index is -3.52. The minimum absolute atomic E-state index is 0.0721.